The second kappa shape index (κ2) is 25.2. The highest BCUT2D eigenvalue weighted by Crippen LogP contribution is 2.52. The van der Waals surface area contributed by atoms with E-state index in [4.69, 9.17) is 0 Å². The van der Waals surface area contributed by atoms with Gasteiger partial charge in [-0.15, -0.1) is 38.9 Å². The van der Waals surface area contributed by atoms with Crippen LogP contribution in [0.15, 0.2) is 43.6 Å². The molecule has 1 saturated carbocycles. The van der Waals surface area contributed by atoms with Crippen molar-refractivity contribution in [3.63, 3.8) is 0 Å². The molecule has 0 aromatic heterocycles. The molecule has 3 nitrogen and oxygen atoms in total. The van der Waals surface area contributed by atoms with Crippen LogP contribution < -0.4 is 10.6 Å². The fourth-order valence-corrected chi connectivity index (χ4v) is 7.30. The Morgan fingerprint density at radius 2 is 1.44 bits per heavy atom. The van der Waals surface area contributed by atoms with E-state index in [0.717, 1.165) is 88.0 Å². The van der Waals surface area contributed by atoms with Crippen LogP contribution in [0.5, 0.6) is 0 Å². The number of rotatable bonds is 16. The topological polar surface area (TPSA) is 41.1 Å². The highest BCUT2D eigenvalue weighted by atomic mass is 32.2. The summed E-state index contributed by atoms with van der Waals surface area (Å²) in [6.07, 6.45) is 24.8. The summed E-state index contributed by atoms with van der Waals surface area (Å²) in [4.78, 5) is 0. The van der Waals surface area contributed by atoms with Gasteiger partial charge >= 0.3 is 0 Å². The Labute approximate surface area is 253 Å². The van der Waals surface area contributed by atoms with Crippen LogP contribution in [0.1, 0.15) is 84.6 Å². The molecule has 2 N–H and O–H groups in total. The van der Waals surface area contributed by atoms with Crippen LogP contribution in [-0.2, 0) is 9.52 Å². The van der Waals surface area contributed by atoms with E-state index >= 15 is 0 Å². The van der Waals surface area contributed by atoms with Crippen molar-refractivity contribution in [3.05, 3.63) is 60.8 Å². The van der Waals surface area contributed by atoms with Crippen molar-refractivity contribution in [2.45, 2.75) is 91.2 Å². The molecule has 1 atom stereocenters. The van der Waals surface area contributed by atoms with E-state index in [2.05, 4.69) is 89.6 Å². The number of halogens is 2. The third-order valence-corrected chi connectivity index (χ3v) is 9.34. The molecule has 0 bridgehead atoms. The van der Waals surface area contributed by atoms with Crippen LogP contribution in [0.25, 0.3) is 0 Å². The summed E-state index contributed by atoms with van der Waals surface area (Å²) in [5, 5.41) is 7.29. The van der Waals surface area contributed by atoms with E-state index in [0.29, 0.717) is 5.56 Å². The highest BCUT2D eigenvalue weighted by Gasteiger charge is 2.47. The monoisotopic (exact) mass is 592 g/mol. The SMILES string of the molecule is C#C.C#C.C=C.C=C(NCCCNCCC(C)C)C1(CS(=C)(=O)C(CCC)CCC)CC1.Cc1cc(F)cc(F)c1. The Morgan fingerprint density at radius 3 is 1.83 bits per heavy atom. The van der Waals surface area contributed by atoms with Gasteiger partial charge < -0.3 is 10.6 Å². The fraction of sp³-hybridized carbons (Fsp3) is 0.571. The lowest BCUT2D eigenvalue weighted by atomic mass is 10.1. The van der Waals surface area contributed by atoms with Crippen molar-refractivity contribution in [1.29, 1.82) is 0 Å². The predicted molar refractivity (Wildman–Crippen MR) is 182 cm³/mol. The number of benzene rings is 1. The standard InChI is InChI=1S/C22H44N2OS.C7H6F2.C2H4.2C2H2/c1-7-10-21(11-8-2)26(6,25)18-22(13-14-22)20(5)24-16-9-15-23-17-12-19(3)4;1-5-2-6(8)4-7(9)3-5;3*1-2/h19,21,23-24H,5-18H2,1-4H3;2-4H,1H3;1-2H2;2*1-2H. The van der Waals surface area contributed by atoms with Gasteiger partial charge in [0.1, 0.15) is 11.6 Å². The molecule has 0 spiro atoms. The maximum atomic E-state index is 13.3. The average Bonchev–Trinajstić information content (AvgIpc) is 3.70. The summed E-state index contributed by atoms with van der Waals surface area (Å²) in [7, 11) is -2.05. The third-order valence-electron chi connectivity index (χ3n) is 6.62. The molecule has 0 saturated heterocycles. The Kier molecular flexibility index (Phi) is 26.4. The Balaban J connectivity index is -0.000000795. The molecule has 1 aliphatic carbocycles. The number of terminal acetylenes is 2. The molecule has 1 fully saturated rings. The summed E-state index contributed by atoms with van der Waals surface area (Å²) in [5.41, 5.74) is 1.75. The first-order chi connectivity index (χ1) is 19.5. The van der Waals surface area contributed by atoms with Crippen molar-refractivity contribution >= 4 is 15.4 Å². The second-order valence-electron chi connectivity index (χ2n) is 10.6. The van der Waals surface area contributed by atoms with Gasteiger partial charge in [0.05, 0.1) is 0 Å². The molecule has 1 aromatic carbocycles. The van der Waals surface area contributed by atoms with E-state index in [1.165, 1.54) is 18.6 Å². The van der Waals surface area contributed by atoms with Gasteiger partial charge in [-0.2, -0.15) is 0 Å². The van der Waals surface area contributed by atoms with Gasteiger partial charge in [-0.05, 0) is 97.5 Å². The fourth-order valence-electron chi connectivity index (χ4n) is 4.34. The quantitative estimate of drug-likeness (QED) is 0.0881. The molecule has 6 heteroatoms. The first kappa shape index (κ1) is 42.9. The molecule has 41 heavy (non-hydrogen) atoms. The highest BCUT2D eigenvalue weighted by molar-refractivity contribution is 8.00. The molecule has 2 rings (SSSR count). The zero-order valence-corrected chi connectivity index (χ0v) is 27.4. The smallest absolute Gasteiger partial charge is 0.126 e. The van der Waals surface area contributed by atoms with E-state index in [1.807, 2.05) is 0 Å². The summed E-state index contributed by atoms with van der Waals surface area (Å²) in [6, 6.07) is 3.42. The van der Waals surface area contributed by atoms with Crippen LogP contribution in [0.4, 0.5) is 8.78 Å². The molecule has 0 amide bonds. The van der Waals surface area contributed by atoms with E-state index in [-0.39, 0.29) is 10.7 Å². The zero-order valence-electron chi connectivity index (χ0n) is 26.6. The number of hydrogen-bond acceptors (Lipinski definition) is 3. The summed E-state index contributed by atoms with van der Waals surface area (Å²) in [5.74, 6) is 4.65. The molecule has 0 aliphatic heterocycles. The van der Waals surface area contributed by atoms with Gasteiger partial charge in [-0.25, -0.2) is 8.78 Å². The number of aryl methyl sites for hydroxylation is 1. The minimum atomic E-state index is -2.05. The van der Waals surface area contributed by atoms with Gasteiger partial charge in [0.15, 0.2) is 0 Å². The Hall–Kier alpha value is -2.54. The van der Waals surface area contributed by atoms with E-state index < -0.39 is 21.2 Å². The molecule has 1 aliphatic rings. The van der Waals surface area contributed by atoms with E-state index in [1.54, 1.807) is 6.92 Å². The molecule has 234 valence electrons. The second-order valence-corrected chi connectivity index (χ2v) is 13.3. The van der Waals surface area contributed by atoms with Crippen molar-refractivity contribution in [2.24, 2.45) is 11.3 Å². The molecule has 0 radical (unpaired) electrons. The normalized spacial score (nSPS) is 13.8. The van der Waals surface area contributed by atoms with Gasteiger partial charge in [-0.1, -0.05) is 47.1 Å². The van der Waals surface area contributed by atoms with Crippen LogP contribution >= 0.6 is 0 Å². The van der Waals surface area contributed by atoms with Gasteiger partial charge in [-0.3, -0.25) is 4.21 Å². The molecular weight excluding hydrogens is 534 g/mol. The Bertz CT molecular complexity index is 900. The lowest BCUT2D eigenvalue weighted by Gasteiger charge is -2.27. The molecular formula is C35H58F2N2OS. The first-order valence-corrected chi connectivity index (χ1v) is 16.5. The van der Waals surface area contributed by atoms with Crippen molar-refractivity contribution in [1.82, 2.24) is 10.6 Å². The lowest BCUT2D eigenvalue weighted by Crippen LogP contribution is -2.33. The van der Waals surface area contributed by atoms with Crippen molar-refractivity contribution in [2.75, 3.05) is 25.4 Å². The maximum Gasteiger partial charge on any atom is 0.126 e. The van der Waals surface area contributed by atoms with Crippen LogP contribution in [0.2, 0.25) is 0 Å². The zero-order chi connectivity index (χ0) is 32.5. The molecule has 1 aromatic rings. The lowest BCUT2D eigenvalue weighted by molar-refractivity contribution is 0.521. The third kappa shape index (κ3) is 20.1. The minimum absolute atomic E-state index is 0.0453. The van der Waals surface area contributed by atoms with Gasteiger partial charge in [0, 0.05) is 34.7 Å². The number of nitrogens with one attached hydrogen (secondary N) is 2. The van der Waals surface area contributed by atoms with Crippen molar-refractivity contribution in [3.8, 4) is 25.7 Å². The largest absolute Gasteiger partial charge is 0.388 e. The van der Waals surface area contributed by atoms with Crippen LogP contribution in [-0.4, -0.2) is 40.7 Å². The minimum Gasteiger partial charge on any atom is -0.388 e. The summed E-state index contributed by atoms with van der Waals surface area (Å²) in [6.45, 7) is 23.9. The van der Waals surface area contributed by atoms with Gasteiger partial charge in [0.25, 0.3) is 0 Å². The van der Waals surface area contributed by atoms with Crippen LogP contribution in [0, 0.1) is 55.6 Å². The van der Waals surface area contributed by atoms with Crippen LogP contribution in [0.3, 0.4) is 0 Å². The maximum absolute atomic E-state index is 13.3. The number of hydrogen-bond donors (Lipinski definition) is 2. The number of allylic oxidation sites excluding steroid dienone is 1. The summed E-state index contributed by atoms with van der Waals surface area (Å²) >= 11 is 0. The molecule has 1 unspecified atom stereocenters. The first-order valence-electron chi connectivity index (χ1n) is 14.5. The molecule has 0 heterocycles. The Morgan fingerprint density at radius 1 is 0.951 bits per heavy atom. The van der Waals surface area contributed by atoms with E-state index in [9.17, 15) is 13.0 Å². The summed E-state index contributed by atoms with van der Waals surface area (Å²) < 4.78 is 37.7. The predicted octanol–water partition coefficient (Wildman–Crippen LogP) is 8.16. The van der Waals surface area contributed by atoms with Gasteiger partial charge in [0.2, 0.25) is 0 Å². The average molecular weight is 593 g/mol. The van der Waals surface area contributed by atoms with Crippen molar-refractivity contribution < 1.29 is 13.0 Å².